The predicted octanol–water partition coefficient (Wildman–Crippen LogP) is 4.70. The fourth-order valence-electron chi connectivity index (χ4n) is 4.40. The second kappa shape index (κ2) is 12.2. The monoisotopic (exact) mass is 466 g/mol. The van der Waals surface area contributed by atoms with Gasteiger partial charge in [0.25, 0.3) is 0 Å². The van der Waals surface area contributed by atoms with Crippen LogP contribution in [0.4, 0.5) is 4.79 Å². The van der Waals surface area contributed by atoms with Crippen molar-refractivity contribution in [1.29, 1.82) is 0 Å². The third-order valence-electron chi connectivity index (χ3n) is 6.30. The molecule has 0 aromatic heterocycles. The van der Waals surface area contributed by atoms with E-state index in [1.165, 1.54) is 22.3 Å². The molecule has 3 rings (SSSR count). The molecule has 1 aliphatic rings. The van der Waals surface area contributed by atoms with Crippen LogP contribution >= 0.6 is 0 Å². The Morgan fingerprint density at radius 1 is 0.941 bits per heavy atom. The Kier molecular flexibility index (Phi) is 9.08. The Hall–Kier alpha value is -3.35. The largest absolute Gasteiger partial charge is 0.481 e. The number of benzene rings is 2. The minimum atomic E-state index is -0.861. The Bertz CT molecular complexity index is 961. The summed E-state index contributed by atoms with van der Waals surface area (Å²) in [5.74, 6) is -1.06. The van der Waals surface area contributed by atoms with Crippen LogP contribution < -0.4 is 10.6 Å². The van der Waals surface area contributed by atoms with Gasteiger partial charge in [-0.2, -0.15) is 0 Å². The average Bonchev–Trinajstić information content (AvgIpc) is 3.14. The highest BCUT2D eigenvalue weighted by molar-refractivity contribution is 5.79. The molecular weight excluding hydrogens is 432 g/mol. The van der Waals surface area contributed by atoms with E-state index in [4.69, 9.17) is 9.84 Å². The van der Waals surface area contributed by atoms with Crippen molar-refractivity contribution in [1.82, 2.24) is 10.6 Å². The van der Waals surface area contributed by atoms with Gasteiger partial charge in [0.1, 0.15) is 6.61 Å². The number of hydrogen-bond acceptors (Lipinski definition) is 4. The molecule has 0 saturated heterocycles. The molecule has 182 valence electrons. The number of ether oxygens (including phenoxy) is 1. The molecular formula is C27H34N2O5. The number of carbonyl (C=O) groups excluding carboxylic acids is 2. The molecule has 2 atom stereocenters. The number of carboxylic acids is 1. The normalized spacial score (nSPS) is 13.9. The maximum Gasteiger partial charge on any atom is 0.407 e. The lowest BCUT2D eigenvalue weighted by molar-refractivity contribution is -0.137. The first-order valence-corrected chi connectivity index (χ1v) is 12.0. The summed E-state index contributed by atoms with van der Waals surface area (Å²) in [5.41, 5.74) is 4.75. The minimum Gasteiger partial charge on any atom is -0.481 e. The number of fused-ring (bicyclic) bond motifs is 3. The van der Waals surface area contributed by atoms with Gasteiger partial charge in [0.05, 0.1) is 0 Å². The van der Waals surface area contributed by atoms with Crippen molar-refractivity contribution >= 4 is 18.0 Å². The fourth-order valence-corrected chi connectivity index (χ4v) is 4.40. The van der Waals surface area contributed by atoms with E-state index in [-0.39, 0.29) is 36.8 Å². The van der Waals surface area contributed by atoms with E-state index in [0.29, 0.717) is 19.4 Å². The van der Waals surface area contributed by atoms with E-state index in [1.54, 1.807) is 0 Å². The first-order chi connectivity index (χ1) is 16.4. The highest BCUT2D eigenvalue weighted by Crippen LogP contribution is 2.44. The van der Waals surface area contributed by atoms with Crippen LogP contribution in [0, 0.1) is 5.92 Å². The molecule has 2 aromatic carbocycles. The van der Waals surface area contributed by atoms with Crippen LogP contribution in [-0.4, -0.2) is 42.3 Å². The second-order valence-corrected chi connectivity index (χ2v) is 8.99. The van der Waals surface area contributed by atoms with Crippen LogP contribution in [0.3, 0.4) is 0 Å². The molecule has 0 fully saturated rings. The van der Waals surface area contributed by atoms with E-state index in [0.717, 1.165) is 12.8 Å². The summed E-state index contributed by atoms with van der Waals surface area (Å²) >= 11 is 0. The highest BCUT2D eigenvalue weighted by Gasteiger charge is 2.29. The van der Waals surface area contributed by atoms with Gasteiger partial charge >= 0.3 is 12.1 Å². The lowest BCUT2D eigenvalue weighted by Gasteiger charge is -2.18. The van der Waals surface area contributed by atoms with Crippen LogP contribution in [0.1, 0.15) is 63.0 Å². The van der Waals surface area contributed by atoms with Gasteiger partial charge in [-0.3, -0.25) is 9.59 Å². The van der Waals surface area contributed by atoms with E-state index in [2.05, 4.69) is 34.9 Å². The van der Waals surface area contributed by atoms with Gasteiger partial charge in [0.15, 0.2) is 0 Å². The number of alkyl carbamates (subject to hydrolysis) is 1. The van der Waals surface area contributed by atoms with Crippen molar-refractivity contribution in [3.8, 4) is 11.1 Å². The standard InChI is InChI=1S/C27H34N2O5/c1-18(26(32)28-16-8-15-25(30)31)9-7-10-19(2)29-27(33)34-17-24-22-13-5-3-11-20(22)21-12-4-6-14-23(21)24/h3-6,11-14,18-19,24H,7-10,15-17H2,1-2H3,(H,28,32)(H,29,33)(H,30,31). The number of aliphatic carboxylic acids is 1. The molecule has 2 unspecified atom stereocenters. The van der Waals surface area contributed by atoms with Crippen LogP contribution in [0.25, 0.3) is 11.1 Å². The van der Waals surface area contributed by atoms with Crippen molar-refractivity contribution < 1.29 is 24.2 Å². The summed E-state index contributed by atoms with van der Waals surface area (Å²) in [6.07, 6.45) is 2.26. The summed E-state index contributed by atoms with van der Waals surface area (Å²) in [6, 6.07) is 16.4. The summed E-state index contributed by atoms with van der Waals surface area (Å²) in [4.78, 5) is 35.0. The van der Waals surface area contributed by atoms with Crippen LogP contribution in [0.15, 0.2) is 48.5 Å². The fraction of sp³-hybridized carbons (Fsp3) is 0.444. The quantitative estimate of drug-likeness (QED) is 0.393. The molecule has 7 heteroatoms. The zero-order valence-electron chi connectivity index (χ0n) is 19.9. The Labute approximate surface area is 200 Å². The van der Waals surface area contributed by atoms with E-state index in [9.17, 15) is 14.4 Å². The van der Waals surface area contributed by atoms with Gasteiger partial charge in [0.2, 0.25) is 5.91 Å². The van der Waals surface area contributed by atoms with Gasteiger partial charge < -0.3 is 20.5 Å². The SMILES string of the molecule is CC(CCCC(C)C(=O)NCCCC(=O)O)NC(=O)OCC1c2ccccc2-c2ccccc21. The molecule has 2 amide bonds. The van der Waals surface area contributed by atoms with Crippen LogP contribution in [0.2, 0.25) is 0 Å². The molecule has 0 heterocycles. The molecule has 2 aromatic rings. The summed E-state index contributed by atoms with van der Waals surface area (Å²) in [6.45, 7) is 4.44. The summed E-state index contributed by atoms with van der Waals surface area (Å²) < 4.78 is 5.59. The van der Waals surface area contributed by atoms with Gasteiger partial charge in [0, 0.05) is 30.8 Å². The maximum atomic E-state index is 12.4. The lowest BCUT2D eigenvalue weighted by Crippen LogP contribution is -2.34. The third kappa shape index (κ3) is 6.83. The molecule has 0 bridgehead atoms. The van der Waals surface area contributed by atoms with E-state index >= 15 is 0 Å². The second-order valence-electron chi connectivity index (χ2n) is 8.99. The number of nitrogens with one attached hydrogen (secondary N) is 2. The zero-order valence-corrected chi connectivity index (χ0v) is 19.9. The first kappa shape index (κ1) is 25.3. The summed E-state index contributed by atoms with van der Waals surface area (Å²) in [5, 5.41) is 14.3. The number of amides is 2. The number of rotatable bonds is 12. The van der Waals surface area contributed by atoms with Gasteiger partial charge in [-0.05, 0) is 48.4 Å². The van der Waals surface area contributed by atoms with Crippen molar-refractivity contribution in [2.24, 2.45) is 5.92 Å². The number of carbonyl (C=O) groups is 3. The van der Waals surface area contributed by atoms with Crippen molar-refractivity contribution in [2.75, 3.05) is 13.2 Å². The Balaban J connectivity index is 1.37. The van der Waals surface area contributed by atoms with Gasteiger partial charge in [-0.1, -0.05) is 61.9 Å². The molecule has 34 heavy (non-hydrogen) atoms. The molecule has 0 radical (unpaired) electrons. The number of carboxylic acid groups (broad SMARTS) is 1. The van der Waals surface area contributed by atoms with Crippen molar-refractivity contribution in [3.63, 3.8) is 0 Å². The average molecular weight is 467 g/mol. The molecule has 0 aliphatic heterocycles. The van der Waals surface area contributed by atoms with Crippen molar-refractivity contribution in [2.45, 2.75) is 57.9 Å². The number of hydrogen-bond donors (Lipinski definition) is 3. The topological polar surface area (TPSA) is 105 Å². The first-order valence-electron chi connectivity index (χ1n) is 12.0. The zero-order chi connectivity index (χ0) is 24.5. The molecule has 0 spiro atoms. The van der Waals surface area contributed by atoms with Crippen LogP contribution in [-0.2, 0) is 14.3 Å². The van der Waals surface area contributed by atoms with E-state index in [1.807, 2.05) is 38.1 Å². The Morgan fingerprint density at radius 2 is 1.56 bits per heavy atom. The predicted molar refractivity (Wildman–Crippen MR) is 131 cm³/mol. The van der Waals surface area contributed by atoms with Gasteiger partial charge in [-0.25, -0.2) is 4.79 Å². The minimum absolute atomic E-state index is 0.0308. The maximum absolute atomic E-state index is 12.4. The van der Waals surface area contributed by atoms with Gasteiger partial charge in [-0.15, -0.1) is 0 Å². The van der Waals surface area contributed by atoms with E-state index < -0.39 is 12.1 Å². The highest BCUT2D eigenvalue weighted by atomic mass is 16.5. The summed E-state index contributed by atoms with van der Waals surface area (Å²) in [7, 11) is 0. The molecule has 0 saturated carbocycles. The molecule has 7 nitrogen and oxygen atoms in total. The molecule has 1 aliphatic carbocycles. The smallest absolute Gasteiger partial charge is 0.407 e. The third-order valence-corrected chi connectivity index (χ3v) is 6.30. The molecule has 3 N–H and O–H groups in total. The lowest BCUT2D eigenvalue weighted by atomic mass is 9.98. The van der Waals surface area contributed by atoms with Crippen LogP contribution in [0.5, 0.6) is 0 Å². The van der Waals surface area contributed by atoms with Crippen molar-refractivity contribution in [3.05, 3.63) is 59.7 Å². The Morgan fingerprint density at radius 3 is 2.18 bits per heavy atom.